The van der Waals surface area contributed by atoms with Crippen LogP contribution >= 0.6 is 0 Å². The Morgan fingerprint density at radius 1 is 0.833 bits per heavy atom. The third kappa shape index (κ3) is 5.53. The smallest absolute Gasteiger partial charge is 0.414 e. The van der Waals surface area contributed by atoms with Crippen LogP contribution in [0.3, 0.4) is 0 Å². The monoisotopic (exact) mass is 329 g/mol. The number of esters is 1. The number of amides is 1. The van der Waals surface area contributed by atoms with Crippen molar-refractivity contribution in [3.8, 4) is 0 Å². The molecule has 7 nitrogen and oxygen atoms in total. The van der Waals surface area contributed by atoms with Gasteiger partial charge in [-0.3, -0.25) is 10.1 Å². The average Bonchev–Trinajstić information content (AvgIpc) is 2.57. The molecule has 0 saturated carbocycles. The highest BCUT2D eigenvalue weighted by Crippen LogP contribution is 2.20. The van der Waals surface area contributed by atoms with Gasteiger partial charge in [0.05, 0.1) is 0 Å². The summed E-state index contributed by atoms with van der Waals surface area (Å²) in [5.74, 6) is -0.513. The van der Waals surface area contributed by atoms with E-state index in [0.717, 1.165) is 17.1 Å². The number of ether oxygens (including phenoxy) is 2. The molecule has 0 unspecified atom stereocenters. The highest BCUT2D eigenvalue weighted by molar-refractivity contribution is 5.85. The van der Waals surface area contributed by atoms with Crippen LogP contribution in [0, 0.1) is 0 Å². The normalized spacial score (nSPS) is 9.75. The maximum Gasteiger partial charge on any atom is 0.414 e. The van der Waals surface area contributed by atoms with E-state index in [1.54, 1.807) is 12.1 Å². The summed E-state index contributed by atoms with van der Waals surface area (Å²) in [6.45, 7) is 0.822. The second kappa shape index (κ2) is 8.42. The first-order chi connectivity index (χ1) is 11.6. The fourth-order valence-corrected chi connectivity index (χ4v) is 1.84. The zero-order chi connectivity index (χ0) is 17.4. The molecule has 1 amide bonds. The van der Waals surface area contributed by atoms with Crippen LogP contribution in [0.5, 0.6) is 0 Å². The number of hydrogen-bond acceptors (Lipinski definition) is 6. The van der Waals surface area contributed by atoms with Crippen LogP contribution in [-0.2, 0) is 14.3 Å². The lowest BCUT2D eigenvalue weighted by Crippen LogP contribution is -2.16. The number of benzene rings is 2. The fourth-order valence-electron chi connectivity index (χ4n) is 1.84. The van der Waals surface area contributed by atoms with Crippen LogP contribution in [0.1, 0.15) is 6.92 Å². The molecule has 0 aliphatic heterocycles. The molecule has 0 spiro atoms. The number of carbonyl (C=O) groups excluding carboxylic acids is 2. The number of carbonyl (C=O) groups is 2. The summed E-state index contributed by atoms with van der Waals surface area (Å²) in [4.78, 5) is 22.0. The van der Waals surface area contributed by atoms with Gasteiger partial charge in [-0.05, 0) is 48.5 Å². The highest BCUT2D eigenvalue weighted by atomic mass is 16.7. The zero-order valence-corrected chi connectivity index (χ0v) is 13.5. The van der Waals surface area contributed by atoms with E-state index in [-0.39, 0.29) is 0 Å². The van der Waals surface area contributed by atoms with E-state index >= 15 is 0 Å². The van der Waals surface area contributed by atoms with E-state index in [4.69, 9.17) is 0 Å². The van der Waals surface area contributed by atoms with Crippen LogP contribution < -0.4 is 16.0 Å². The van der Waals surface area contributed by atoms with Crippen molar-refractivity contribution in [2.45, 2.75) is 6.92 Å². The van der Waals surface area contributed by atoms with Crippen LogP contribution in [0.4, 0.5) is 27.5 Å². The Balaban J connectivity index is 1.85. The molecule has 0 aliphatic carbocycles. The molecule has 2 aromatic rings. The van der Waals surface area contributed by atoms with Gasteiger partial charge in [-0.2, -0.15) is 0 Å². The lowest BCUT2D eigenvalue weighted by molar-refractivity contribution is -0.148. The Morgan fingerprint density at radius 3 is 1.83 bits per heavy atom. The maximum absolute atomic E-state index is 11.5. The molecular weight excluding hydrogens is 310 g/mol. The largest absolute Gasteiger partial charge is 0.428 e. The number of hydrogen-bond donors (Lipinski definition) is 3. The standard InChI is InChI=1S/C17H19N3O4/c1-12(21)23-11-24-17(22)20-16-9-7-15(8-10-16)19-14-5-3-13(18-2)4-6-14/h3-10,18-19H,11H2,1-2H3,(H,20,22). The van der Waals surface area contributed by atoms with E-state index in [1.807, 2.05) is 43.4 Å². The molecule has 0 radical (unpaired) electrons. The molecule has 2 rings (SSSR count). The predicted octanol–water partition coefficient (Wildman–Crippen LogP) is 3.54. The Hall–Kier alpha value is -3.22. The van der Waals surface area contributed by atoms with Gasteiger partial charge in [-0.25, -0.2) is 4.79 Å². The third-order valence-corrected chi connectivity index (χ3v) is 3.05. The van der Waals surface area contributed by atoms with Crippen LogP contribution in [0.25, 0.3) is 0 Å². The minimum absolute atomic E-state index is 0.413. The first kappa shape index (κ1) is 17.1. The van der Waals surface area contributed by atoms with Gasteiger partial charge in [0, 0.05) is 36.7 Å². The van der Waals surface area contributed by atoms with Crippen molar-refractivity contribution in [1.82, 2.24) is 0 Å². The molecule has 0 aliphatic rings. The molecule has 24 heavy (non-hydrogen) atoms. The molecular formula is C17H19N3O4. The topological polar surface area (TPSA) is 88.7 Å². The van der Waals surface area contributed by atoms with Gasteiger partial charge in [0.15, 0.2) is 0 Å². The Morgan fingerprint density at radius 2 is 1.33 bits per heavy atom. The van der Waals surface area contributed by atoms with Crippen molar-refractivity contribution in [3.63, 3.8) is 0 Å². The Labute approximate surface area is 140 Å². The molecule has 0 atom stereocenters. The van der Waals surface area contributed by atoms with Crippen LogP contribution in [0.15, 0.2) is 48.5 Å². The first-order valence-corrected chi connectivity index (χ1v) is 7.29. The van der Waals surface area contributed by atoms with Gasteiger partial charge < -0.3 is 20.1 Å². The number of anilines is 4. The molecule has 0 fully saturated rings. The third-order valence-electron chi connectivity index (χ3n) is 3.05. The summed E-state index contributed by atoms with van der Waals surface area (Å²) in [5.41, 5.74) is 3.44. The van der Waals surface area contributed by atoms with Gasteiger partial charge in [0.2, 0.25) is 6.79 Å². The summed E-state index contributed by atoms with van der Waals surface area (Å²) in [6, 6.07) is 15.0. The van der Waals surface area contributed by atoms with Crippen molar-refractivity contribution in [3.05, 3.63) is 48.5 Å². The fraction of sp³-hybridized carbons (Fsp3) is 0.176. The van der Waals surface area contributed by atoms with E-state index < -0.39 is 18.9 Å². The predicted molar refractivity (Wildman–Crippen MR) is 92.5 cm³/mol. The van der Waals surface area contributed by atoms with Crippen molar-refractivity contribution in [2.75, 3.05) is 29.8 Å². The van der Waals surface area contributed by atoms with Crippen molar-refractivity contribution >= 4 is 34.8 Å². The van der Waals surface area contributed by atoms with Gasteiger partial charge in [-0.15, -0.1) is 0 Å². The summed E-state index contributed by atoms with van der Waals surface area (Å²) in [7, 11) is 1.87. The Bertz CT molecular complexity index is 684. The molecule has 7 heteroatoms. The molecule has 0 aromatic heterocycles. The van der Waals surface area contributed by atoms with E-state index in [0.29, 0.717) is 5.69 Å². The molecule has 0 bridgehead atoms. The lowest BCUT2D eigenvalue weighted by atomic mass is 10.2. The summed E-state index contributed by atoms with van der Waals surface area (Å²) in [6.07, 6.45) is -0.695. The average molecular weight is 329 g/mol. The second-order valence-electron chi connectivity index (χ2n) is 4.84. The summed E-state index contributed by atoms with van der Waals surface area (Å²) in [5, 5.41) is 8.84. The van der Waals surface area contributed by atoms with E-state index in [1.165, 1.54) is 6.92 Å². The summed E-state index contributed by atoms with van der Waals surface area (Å²) >= 11 is 0. The quantitative estimate of drug-likeness (QED) is 0.555. The number of nitrogens with one attached hydrogen (secondary N) is 3. The van der Waals surface area contributed by atoms with Crippen molar-refractivity contribution < 1.29 is 19.1 Å². The van der Waals surface area contributed by atoms with Crippen molar-refractivity contribution in [2.24, 2.45) is 0 Å². The van der Waals surface area contributed by atoms with Gasteiger partial charge in [0.1, 0.15) is 0 Å². The first-order valence-electron chi connectivity index (χ1n) is 7.29. The van der Waals surface area contributed by atoms with Gasteiger partial charge in [-0.1, -0.05) is 0 Å². The number of rotatable bonds is 6. The minimum atomic E-state index is -0.695. The molecule has 0 saturated heterocycles. The Kier molecular flexibility index (Phi) is 6.01. The zero-order valence-electron chi connectivity index (χ0n) is 13.5. The highest BCUT2D eigenvalue weighted by Gasteiger charge is 2.04. The molecule has 2 aromatic carbocycles. The van der Waals surface area contributed by atoms with Gasteiger partial charge >= 0.3 is 12.1 Å². The van der Waals surface area contributed by atoms with E-state index in [9.17, 15) is 9.59 Å². The maximum atomic E-state index is 11.5. The minimum Gasteiger partial charge on any atom is -0.428 e. The SMILES string of the molecule is CNc1ccc(Nc2ccc(NC(=O)OCOC(C)=O)cc2)cc1. The lowest BCUT2D eigenvalue weighted by Gasteiger charge is -2.10. The molecule has 126 valence electrons. The van der Waals surface area contributed by atoms with Crippen LogP contribution in [-0.4, -0.2) is 25.9 Å². The van der Waals surface area contributed by atoms with Crippen LogP contribution in [0.2, 0.25) is 0 Å². The van der Waals surface area contributed by atoms with E-state index in [2.05, 4.69) is 25.4 Å². The molecule has 0 heterocycles. The second-order valence-corrected chi connectivity index (χ2v) is 4.84. The molecule has 3 N–H and O–H groups in total. The summed E-state index contributed by atoms with van der Waals surface area (Å²) < 4.78 is 9.21. The van der Waals surface area contributed by atoms with Crippen molar-refractivity contribution in [1.29, 1.82) is 0 Å². The van der Waals surface area contributed by atoms with Gasteiger partial charge in [0.25, 0.3) is 0 Å².